The molecule has 0 aliphatic carbocycles. The number of thioether (sulfide) groups is 1. The van der Waals surface area contributed by atoms with Crippen molar-refractivity contribution in [3.05, 3.63) is 41.2 Å². The first-order chi connectivity index (χ1) is 12.3. The van der Waals surface area contributed by atoms with Crippen LogP contribution in [0.15, 0.2) is 29.6 Å². The van der Waals surface area contributed by atoms with Gasteiger partial charge in [-0.1, -0.05) is 11.8 Å². The first-order valence-corrected chi connectivity index (χ1v) is 8.06. The third-order valence-electron chi connectivity index (χ3n) is 3.64. The van der Waals surface area contributed by atoms with Gasteiger partial charge in [0.2, 0.25) is 0 Å². The van der Waals surface area contributed by atoms with Crippen LogP contribution in [0.3, 0.4) is 0 Å². The highest BCUT2D eigenvalue weighted by Crippen LogP contribution is 2.29. The van der Waals surface area contributed by atoms with Gasteiger partial charge in [-0.2, -0.15) is 0 Å². The van der Waals surface area contributed by atoms with Crippen molar-refractivity contribution in [2.75, 3.05) is 14.1 Å². The van der Waals surface area contributed by atoms with Crippen LogP contribution >= 0.6 is 11.8 Å². The highest BCUT2D eigenvalue weighted by Gasteiger charge is 2.11. The zero-order valence-electron chi connectivity index (χ0n) is 16.1. The lowest BCUT2D eigenvalue weighted by Crippen LogP contribution is -1.98. The zero-order valence-corrected chi connectivity index (χ0v) is 14.0. The number of H-pyrrole nitrogens is 1. The molecule has 2 heterocycles. The lowest BCUT2D eigenvalue weighted by Gasteiger charge is -2.11. The number of fused-ring (bicyclic) bond motifs is 1. The Balaban J connectivity index is 1.78. The van der Waals surface area contributed by atoms with Gasteiger partial charge in [-0.3, -0.25) is 4.98 Å². The minimum absolute atomic E-state index is 0.276. The number of aromatic amines is 1. The monoisotopic (exact) mass is 332 g/mol. The van der Waals surface area contributed by atoms with Gasteiger partial charge in [0.05, 0.1) is 35.0 Å². The van der Waals surface area contributed by atoms with Crippen molar-refractivity contribution in [2.45, 2.75) is 24.8 Å². The number of hydrogen-bond donors (Lipinski definition) is 1. The summed E-state index contributed by atoms with van der Waals surface area (Å²) < 4.78 is 31.9. The van der Waals surface area contributed by atoms with E-state index in [-0.39, 0.29) is 5.75 Å². The average molecular weight is 332 g/mol. The summed E-state index contributed by atoms with van der Waals surface area (Å²) in [5.41, 5.74) is 4.43. The molecule has 0 unspecified atom stereocenters. The zero-order chi connectivity index (χ0) is 18.9. The number of rotatable bonds is 5. The highest BCUT2D eigenvalue weighted by molar-refractivity contribution is 7.98. The van der Waals surface area contributed by atoms with Crippen molar-refractivity contribution in [1.82, 2.24) is 15.0 Å². The largest absolute Gasteiger partial charge is 0.497 e. The second-order valence-corrected chi connectivity index (χ2v) is 6.12. The van der Waals surface area contributed by atoms with Crippen LogP contribution in [-0.2, 0) is 5.75 Å². The summed E-state index contributed by atoms with van der Waals surface area (Å²) in [6, 6.07) is 4.97. The normalized spacial score (nSPS) is 13.4. The number of aromatic nitrogens is 3. The van der Waals surface area contributed by atoms with Gasteiger partial charge in [-0.25, -0.2) is 4.98 Å². The molecule has 0 atom stereocenters. The molecule has 0 radical (unpaired) electrons. The topological polar surface area (TPSA) is 60.0 Å². The van der Waals surface area contributed by atoms with Gasteiger partial charge in [0.1, 0.15) is 11.5 Å². The third kappa shape index (κ3) is 3.12. The smallest absolute Gasteiger partial charge is 0.166 e. The molecule has 0 amide bonds. The second-order valence-electron chi connectivity index (χ2n) is 5.16. The fourth-order valence-corrected chi connectivity index (χ4v) is 3.36. The molecule has 0 bridgehead atoms. The van der Waals surface area contributed by atoms with E-state index in [1.807, 2.05) is 13.8 Å². The molecule has 0 saturated carbocycles. The number of nitrogens with zero attached hydrogens (tertiary/aromatic N) is 2. The van der Waals surface area contributed by atoms with Crippen LogP contribution in [0.4, 0.5) is 0 Å². The second kappa shape index (κ2) is 6.50. The molecule has 0 aliphatic rings. The molecule has 0 saturated heterocycles. The minimum atomic E-state index is -2.47. The van der Waals surface area contributed by atoms with E-state index < -0.39 is 7.04 Å². The summed E-state index contributed by atoms with van der Waals surface area (Å²) in [7, 11) is -0.816. The number of hydrogen-bond acceptors (Lipinski definition) is 5. The van der Waals surface area contributed by atoms with E-state index in [4.69, 9.17) is 13.6 Å². The molecule has 6 heteroatoms. The van der Waals surface area contributed by atoms with E-state index in [0.717, 1.165) is 38.8 Å². The average Bonchev–Trinajstić information content (AvgIpc) is 2.95. The van der Waals surface area contributed by atoms with Gasteiger partial charge in [-0.05, 0) is 26.0 Å². The Morgan fingerprint density at radius 1 is 1.30 bits per heavy atom. The summed E-state index contributed by atoms with van der Waals surface area (Å²) in [4.78, 5) is 12.2. The van der Waals surface area contributed by atoms with Crippen LogP contribution in [0, 0.1) is 13.8 Å². The van der Waals surface area contributed by atoms with Gasteiger partial charge >= 0.3 is 0 Å². The van der Waals surface area contributed by atoms with Crippen LogP contribution in [0.2, 0.25) is 0 Å². The third-order valence-corrected chi connectivity index (χ3v) is 4.53. The predicted molar refractivity (Wildman–Crippen MR) is 92.5 cm³/mol. The van der Waals surface area contributed by atoms with Crippen LogP contribution in [-0.4, -0.2) is 29.1 Å². The van der Waals surface area contributed by atoms with E-state index in [9.17, 15) is 0 Å². The van der Waals surface area contributed by atoms with Gasteiger partial charge in [-0.15, -0.1) is 0 Å². The fraction of sp³-hybridized carbons (Fsp3) is 0.294. The summed E-state index contributed by atoms with van der Waals surface area (Å²) in [5, 5.41) is 0.728. The van der Waals surface area contributed by atoms with Crippen LogP contribution < -0.4 is 9.47 Å². The quantitative estimate of drug-likeness (QED) is 0.718. The number of benzene rings is 1. The maximum Gasteiger partial charge on any atom is 0.166 e. The number of aryl methyl sites for hydroxylation is 1. The van der Waals surface area contributed by atoms with E-state index in [1.54, 1.807) is 31.5 Å². The molecule has 5 nitrogen and oxygen atoms in total. The molecule has 2 aromatic heterocycles. The predicted octanol–water partition coefficient (Wildman–Crippen LogP) is 3.88. The maximum absolute atomic E-state index is 7.18. The summed E-state index contributed by atoms with van der Waals surface area (Å²) in [5.74, 6) is 1.77. The Labute approximate surface area is 143 Å². The first kappa shape index (κ1) is 12.2. The molecule has 120 valence electrons. The van der Waals surface area contributed by atoms with Crippen molar-refractivity contribution in [1.29, 1.82) is 0 Å². The summed E-state index contributed by atoms with van der Waals surface area (Å²) >= 11 is 1.52. The van der Waals surface area contributed by atoms with E-state index in [1.165, 1.54) is 11.8 Å². The SMILES string of the molecule is [2H]C([2H])([2H])Oc1ccc2nc(SCc3ncc(C)c(OC)c3C)[nH]c2c1. The molecule has 0 fully saturated rings. The number of ether oxygens (including phenoxy) is 2. The number of pyridine rings is 1. The van der Waals surface area contributed by atoms with E-state index >= 15 is 0 Å². The van der Waals surface area contributed by atoms with Gasteiger partial charge in [0, 0.05) is 29.1 Å². The molecular weight excluding hydrogens is 310 g/mol. The van der Waals surface area contributed by atoms with Crippen LogP contribution in [0.5, 0.6) is 11.5 Å². The fourth-order valence-electron chi connectivity index (χ4n) is 2.45. The standard InChI is InChI=1S/C17H19N3O2S/c1-10-8-18-15(11(2)16(10)22-4)9-23-17-19-13-6-5-12(21-3)7-14(13)20-17/h5-8H,9H2,1-4H3,(H,19,20)/i3D3. The Morgan fingerprint density at radius 3 is 2.96 bits per heavy atom. The maximum atomic E-state index is 7.18. The van der Waals surface area contributed by atoms with Crippen LogP contribution in [0.25, 0.3) is 11.0 Å². The molecule has 23 heavy (non-hydrogen) atoms. The van der Waals surface area contributed by atoms with Gasteiger partial charge in [0.25, 0.3) is 0 Å². The molecule has 3 aromatic rings. The molecular formula is C17H19N3O2S. The Kier molecular flexibility index (Phi) is 3.46. The lowest BCUT2D eigenvalue weighted by atomic mass is 10.1. The number of nitrogens with one attached hydrogen (secondary N) is 1. The first-order valence-electron chi connectivity index (χ1n) is 8.57. The number of imidazole rings is 1. The van der Waals surface area contributed by atoms with Crippen molar-refractivity contribution >= 4 is 22.8 Å². The Morgan fingerprint density at radius 2 is 2.17 bits per heavy atom. The Hall–Kier alpha value is -2.21. The summed E-state index contributed by atoms with van der Waals surface area (Å²) in [6.45, 7) is 3.96. The van der Waals surface area contributed by atoms with Gasteiger partial charge < -0.3 is 14.5 Å². The van der Waals surface area contributed by atoms with Crippen molar-refractivity contribution in [3.63, 3.8) is 0 Å². The molecule has 0 aliphatic heterocycles. The van der Waals surface area contributed by atoms with Crippen LogP contribution in [0.1, 0.15) is 20.9 Å². The molecule has 1 aromatic carbocycles. The summed E-state index contributed by atoms with van der Waals surface area (Å²) in [6.07, 6.45) is 1.80. The van der Waals surface area contributed by atoms with Crippen molar-refractivity contribution in [3.8, 4) is 11.5 Å². The van der Waals surface area contributed by atoms with E-state index in [2.05, 4.69) is 15.0 Å². The van der Waals surface area contributed by atoms with Gasteiger partial charge in [0.15, 0.2) is 5.16 Å². The lowest BCUT2D eigenvalue weighted by molar-refractivity contribution is 0.407. The van der Waals surface area contributed by atoms with Crippen molar-refractivity contribution < 1.29 is 13.6 Å². The molecule has 1 N–H and O–H groups in total. The molecule has 0 spiro atoms. The van der Waals surface area contributed by atoms with E-state index in [0.29, 0.717) is 5.75 Å². The minimum Gasteiger partial charge on any atom is -0.497 e. The Bertz CT molecular complexity index is 941. The highest BCUT2D eigenvalue weighted by atomic mass is 32.2. The molecule has 3 rings (SSSR count). The number of methoxy groups -OCH3 is 2. The van der Waals surface area contributed by atoms with Crippen molar-refractivity contribution in [2.24, 2.45) is 0 Å².